The van der Waals surface area contributed by atoms with Gasteiger partial charge in [-0.25, -0.2) is 4.98 Å². The quantitative estimate of drug-likeness (QED) is 0.920. The van der Waals surface area contributed by atoms with Crippen molar-refractivity contribution < 1.29 is 9.84 Å². The first kappa shape index (κ1) is 12.9. The Kier molecular flexibility index (Phi) is 4.18. The number of hydrogen-bond acceptors (Lipinski definition) is 3. The molecule has 2 rings (SSSR count). The molecule has 0 bridgehead atoms. The lowest BCUT2D eigenvalue weighted by Crippen LogP contribution is -2.05. The summed E-state index contributed by atoms with van der Waals surface area (Å²) in [6.45, 7) is 1.75. The maximum Gasteiger partial charge on any atom is 0.214 e. The van der Waals surface area contributed by atoms with Crippen molar-refractivity contribution in [3.8, 4) is 5.88 Å². The van der Waals surface area contributed by atoms with Crippen LogP contribution in [0.3, 0.4) is 0 Å². The van der Waals surface area contributed by atoms with Crippen LogP contribution in [-0.4, -0.2) is 10.1 Å². The highest BCUT2D eigenvalue weighted by atomic mass is 35.5. The Morgan fingerprint density at radius 1 is 1.22 bits per heavy atom. The summed E-state index contributed by atoms with van der Waals surface area (Å²) in [5, 5.41) is 9.53. The molecule has 0 amide bonds. The first-order valence-corrected chi connectivity index (χ1v) is 6.06. The van der Waals surface area contributed by atoms with Crippen molar-refractivity contribution in [3.63, 3.8) is 0 Å². The third kappa shape index (κ3) is 3.00. The van der Waals surface area contributed by atoms with E-state index in [0.717, 1.165) is 5.56 Å². The first-order chi connectivity index (χ1) is 8.70. The van der Waals surface area contributed by atoms with E-state index in [1.807, 2.05) is 37.3 Å². The van der Waals surface area contributed by atoms with Crippen LogP contribution in [0.1, 0.15) is 24.3 Å². The fourth-order valence-electron chi connectivity index (χ4n) is 1.61. The summed E-state index contributed by atoms with van der Waals surface area (Å²) in [5.74, 6) is 0.458. The van der Waals surface area contributed by atoms with Crippen molar-refractivity contribution in [2.24, 2.45) is 0 Å². The molecule has 0 radical (unpaired) electrons. The molecule has 1 aromatic carbocycles. The molecule has 2 aromatic rings. The van der Waals surface area contributed by atoms with Crippen LogP contribution in [-0.2, 0) is 6.61 Å². The Hall–Kier alpha value is -1.58. The van der Waals surface area contributed by atoms with Crippen molar-refractivity contribution in [1.82, 2.24) is 4.98 Å². The van der Waals surface area contributed by atoms with Crippen molar-refractivity contribution >= 4 is 11.6 Å². The number of ether oxygens (including phenoxy) is 1. The van der Waals surface area contributed by atoms with Crippen LogP contribution in [0.25, 0.3) is 0 Å². The predicted molar refractivity (Wildman–Crippen MR) is 70.7 cm³/mol. The zero-order valence-corrected chi connectivity index (χ0v) is 10.8. The number of nitrogens with zero attached hydrogens (tertiary/aromatic N) is 1. The molecule has 0 spiro atoms. The molecule has 1 heterocycles. The van der Waals surface area contributed by atoms with Gasteiger partial charge in [0.2, 0.25) is 5.88 Å². The number of hydrogen-bond donors (Lipinski definition) is 1. The molecule has 3 nitrogen and oxygen atoms in total. The zero-order valence-electron chi connectivity index (χ0n) is 10.0. The Morgan fingerprint density at radius 3 is 2.61 bits per heavy atom. The highest BCUT2D eigenvalue weighted by Crippen LogP contribution is 2.23. The van der Waals surface area contributed by atoms with Crippen molar-refractivity contribution in [2.75, 3.05) is 0 Å². The first-order valence-electron chi connectivity index (χ1n) is 5.68. The maximum absolute atomic E-state index is 9.09. The van der Waals surface area contributed by atoms with E-state index in [1.165, 1.54) is 0 Å². The number of benzene rings is 1. The van der Waals surface area contributed by atoms with Gasteiger partial charge in [-0.3, -0.25) is 0 Å². The van der Waals surface area contributed by atoms with E-state index in [-0.39, 0.29) is 12.7 Å². The molecule has 0 aliphatic carbocycles. The van der Waals surface area contributed by atoms with Gasteiger partial charge in [0.1, 0.15) is 6.10 Å². The minimum atomic E-state index is -0.199. The molecule has 0 aliphatic heterocycles. The van der Waals surface area contributed by atoms with Gasteiger partial charge in [-0.2, -0.15) is 0 Å². The average Bonchev–Trinajstić information content (AvgIpc) is 2.42. The summed E-state index contributed by atoms with van der Waals surface area (Å²) in [4.78, 5) is 4.15. The molecule has 0 aliphatic rings. The third-order valence-corrected chi connectivity index (χ3v) is 2.95. The zero-order chi connectivity index (χ0) is 13.0. The van der Waals surface area contributed by atoms with E-state index in [9.17, 15) is 0 Å². The largest absolute Gasteiger partial charge is 0.470 e. The Bertz CT molecular complexity index is 516. The lowest BCUT2D eigenvalue weighted by atomic mass is 10.1. The van der Waals surface area contributed by atoms with Crippen LogP contribution in [0.15, 0.2) is 42.5 Å². The molecule has 0 saturated heterocycles. The van der Waals surface area contributed by atoms with Gasteiger partial charge in [0.05, 0.1) is 17.3 Å². The second-order valence-electron chi connectivity index (χ2n) is 3.91. The van der Waals surface area contributed by atoms with E-state index < -0.39 is 0 Å². The molecule has 0 unspecified atom stereocenters. The summed E-state index contributed by atoms with van der Waals surface area (Å²) in [6, 6.07) is 13.2. The summed E-state index contributed by atoms with van der Waals surface area (Å²) in [6.07, 6.45) is -0.105. The lowest BCUT2D eigenvalue weighted by Gasteiger charge is -2.14. The summed E-state index contributed by atoms with van der Waals surface area (Å²) < 4.78 is 5.72. The molecule has 0 fully saturated rings. The topological polar surface area (TPSA) is 42.4 Å². The standard InChI is InChI=1S/C14H14ClNO2/c1-10(11-5-3-2-4-6-11)18-14-8-7-12(15)13(9-17)16-14/h2-8,10,17H,9H2,1H3/t10-/m0/s1. The monoisotopic (exact) mass is 263 g/mol. The molecule has 1 aromatic heterocycles. The van der Waals surface area contributed by atoms with E-state index in [2.05, 4.69) is 4.98 Å². The Balaban J connectivity index is 2.14. The van der Waals surface area contributed by atoms with Gasteiger partial charge in [-0.15, -0.1) is 0 Å². The number of pyridine rings is 1. The lowest BCUT2D eigenvalue weighted by molar-refractivity contribution is 0.213. The normalized spacial score (nSPS) is 12.2. The van der Waals surface area contributed by atoms with Crippen LogP contribution >= 0.6 is 11.6 Å². The highest BCUT2D eigenvalue weighted by molar-refractivity contribution is 6.31. The van der Waals surface area contributed by atoms with Crippen LogP contribution in [0.5, 0.6) is 5.88 Å². The van der Waals surface area contributed by atoms with Gasteiger partial charge in [-0.1, -0.05) is 41.9 Å². The van der Waals surface area contributed by atoms with Gasteiger partial charge >= 0.3 is 0 Å². The fraction of sp³-hybridized carbons (Fsp3) is 0.214. The van der Waals surface area contributed by atoms with Gasteiger partial charge in [-0.05, 0) is 18.6 Å². The van der Waals surface area contributed by atoms with Crippen molar-refractivity contribution in [1.29, 1.82) is 0 Å². The maximum atomic E-state index is 9.09. The Labute approximate surface area is 111 Å². The minimum absolute atomic E-state index is 0.105. The van der Waals surface area contributed by atoms with Crippen molar-refractivity contribution in [3.05, 3.63) is 58.7 Å². The molecule has 1 N–H and O–H groups in total. The predicted octanol–water partition coefficient (Wildman–Crippen LogP) is 3.37. The number of aliphatic hydroxyl groups excluding tert-OH is 1. The van der Waals surface area contributed by atoms with E-state index >= 15 is 0 Å². The third-order valence-electron chi connectivity index (χ3n) is 2.61. The van der Waals surface area contributed by atoms with Gasteiger partial charge in [0.15, 0.2) is 0 Å². The molecule has 0 saturated carbocycles. The smallest absolute Gasteiger partial charge is 0.214 e. The fourth-order valence-corrected chi connectivity index (χ4v) is 1.78. The number of halogens is 1. The van der Waals surface area contributed by atoms with Gasteiger partial charge in [0.25, 0.3) is 0 Å². The molecular formula is C14H14ClNO2. The van der Waals surface area contributed by atoms with E-state index in [1.54, 1.807) is 12.1 Å². The minimum Gasteiger partial charge on any atom is -0.470 e. The van der Waals surface area contributed by atoms with Crippen LogP contribution in [0.2, 0.25) is 5.02 Å². The van der Waals surface area contributed by atoms with Crippen LogP contribution in [0, 0.1) is 0 Å². The number of aromatic nitrogens is 1. The SMILES string of the molecule is C[C@H](Oc1ccc(Cl)c(CO)n1)c1ccccc1. The average molecular weight is 264 g/mol. The summed E-state index contributed by atoms with van der Waals surface area (Å²) in [5.41, 5.74) is 1.49. The van der Waals surface area contributed by atoms with E-state index in [4.69, 9.17) is 21.4 Å². The second-order valence-corrected chi connectivity index (χ2v) is 4.31. The summed E-state index contributed by atoms with van der Waals surface area (Å²) >= 11 is 5.87. The molecule has 18 heavy (non-hydrogen) atoms. The molecule has 1 atom stereocenters. The van der Waals surface area contributed by atoms with Crippen molar-refractivity contribution in [2.45, 2.75) is 19.6 Å². The molecular weight excluding hydrogens is 250 g/mol. The molecule has 4 heteroatoms. The summed E-state index contributed by atoms with van der Waals surface area (Å²) in [7, 11) is 0. The highest BCUT2D eigenvalue weighted by Gasteiger charge is 2.09. The number of rotatable bonds is 4. The van der Waals surface area contributed by atoms with Gasteiger partial charge in [0, 0.05) is 6.07 Å². The van der Waals surface area contributed by atoms with Crippen LogP contribution < -0.4 is 4.74 Å². The Morgan fingerprint density at radius 2 is 1.94 bits per heavy atom. The number of aliphatic hydroxyl groups is 1. The van der Waals surface area contributed by atoms with Gasteiger partial charge < -0.3 is 9.84 Å². The van der Waals surface area contributed by atoms with Crippen LogP contribution in [0.4, 0.5) is 0 Å². The second kappa shape index (κ2) is 5.85. The van der Waals surface area contributed by atoms with E-state index in [0.29, 0.717) is 16.6 Å². The molecule has 94 valence electrons.